The minimum atomic E-state index is -1.32. The van der Waals surface area contributed by atoms with Crippen LogP contribution in [0.4, 0.5) is 4.39 Å². The van der Waals surface area contributed by atoms with Crippen LogP contribution >= 0.6 is 0 Å². The van der Waals surface area contributed by atoms with Crippen molar-refractivity contribution in [3.63, 3.8) is 0 Å². The van der Waals surface area contributed by atoms with Gasteiger partial charge in [-0.05, 0) is 0 Å². The molecule has 0 bridgehead atoms. The molecule has 0 aliphatic carbocycles. The lowest BCUT2D eigenvalue weighted by Gasteiger charge is -2.33. The van der Waals surface area contributed by atoms with E-state index in [9.17, 15) is 9.18 Å². The predicted molar refractivity (Wildman–Crippen MR) is 63.3 cm³/mol. The second-order valence-corrected chi connectivity index (χ2v) is 4.29. The average Bonchev–Trinajstić information content (AvgIpc) is 3.17. The Morgan fingerprint density at radius 3 is 2.74 bits per heavy atom. The van der Waals surface area contributed by atoms with Gasteiger partial charge in [-0.15, -0.1) is 0 Å². The molecule has 5 nitrogen and oxygen atoms in total. The zero-order chi connectivity index (χ0) is 13.2. The summed E-state index contributed by atoms with van der Waals surface area (Å²) in [6.45, 7) is 0.456. The van der Waals surface area contributed by atoms with Gasteiger partial charge in [-0.3, -0.25) is 4.79 Å². The van der Waals surface area contributed by atoms with Gasteiger partial charge in [0, 0.05) is 5.56 Å². The van der Waals surface area contributed by atoms with Gasteiger partial charge >= 0.3 is 0 Å². The number of nitrogens with zero attached hydrogens (tertiary/aromatic N) is 1. The highest BCUT2D eigenvalue weighted by atomic mass is 19.1. The van der Waals surface area contributed by atoms with E-state index in [1.807, 2.05) is 30.3 Å². The summed E-state index contributed by atoms with van der Waals surface area (Å²) >= 11 is 0. The highest BCUT2D eigenvalue weighted by Gasteiger charge is 2.45. The van der Waals surface area contributed by atoms with Crippen molar-refractivity contribution in [2.75, 3.05) is 6.61 Å². The number of halogens is 1. The number of rotatable bonds is 4. The topological polar surface area (TPSA) is 57.1 Å². The number of carbonyl (C=O) groups excluding carboxylic acids is 1. The van der Waals surface area contributed by atoms with E-state index in [1.165, 1.54) is 0 Å². The molecule has 0 saturated carbocycles. The van der Waals surface area contributed by atoms with Crippen LogP contribution in [-0.2, 0) is 19.0 Å². The summed E-state index contributed by atoms with van der Waals surface area (Å²) in [5, 5.41) is 0. The summed E-state index contributed by atoms with van der Waals surface area (Å²) in [7, 11) is 0. The molecular formula is C13H12FNO4. The van der Waals surface area contributed by atoms with Crippen LogP contribution in [0, 0.1) is 0 Å². The van der Waals surface area contributed by atoms with Crippen molar-refractivity contribution in [2.24, 2.45) is 4.99 Å². The van der Waals surface area contributed by atoms with Crippen molar-refractivity contribution < 1.29 is 23.4 Å². The summed E-state index contributed by atoms with van der Waals surface area (Å²) < 4.78 is 29.0. The molecule has 2 aliphatic rings. The summed E-state index contributed by atoms with van der Waals surface area (Å²) in [6.07, 6.45) is -3.26. The Labute approximate surface area is 109 Å². The van der Waals surface area contributed by atoms with Crippen molar-refractivity contribution in [2.45, 2.75) is 24.8 Å². The largest absolute Gasteiger partial charge is 0.459 e. The van der Waals surface area contributed by atoms with Crippen LogP contribution in [0.5, 0.6) is 0 Å². The molecule has 100 valence electrons. The van der Waals surface area contributed by atoms with E-state index < -0.39 is 24.8 Å². The van der Waals surface area contributed by atoms with E-state index in [1.54, 1.807) is 0 Å². The lowest BCUT2D eigenvalue weighted by Crippen LogP contribution is -2.45. The number of hydrogen-bond acceptors (Lipinski definition) is 5. The molecule has 1 unspecified atom stereocenters. The van der Waals surface area contributed by atoms with E-state index in [4.69, 9.17) is 14.2 Å². The molecule has 0 N–H and O–H groups in total. The third-order valence-electron chi connectivity index (χ3n) is 3.05. The Kier molecular flexibility index (Phi) is 3.27. The third kappa shape index (κ3) is 2.50. The van der Waals surface area contributed by atoms with E-state index in [-0.39, 0.29) is 12.3 Å². The van der Waals surface area contributed by atoms with Gasteiger partial charge in [0.15, 0.2) is 12.4 Å². The number of alkyl halides is 1. The molecule has 0 aromatic heterocycles. The Hall–Kier alpha value is -1.79. The second-order valence-electron chi connectivity index (χ2n) is 4.29. The molecule has 1 aromatic carbocycles. The molecule has 1 fully saturated rings. The van der Waals surface area contributed by atoms with Crippen LogP contribution in [0.2, 0.25) is 0 Å². The summed E-state index contributed by atoms with van der Waals surface area (Å²) in [5.41, 5.74) is 1.10. The minimum absolute atomic E-state index is 0.148. The van der Waals surface area contributed by atoms with Crippen LogP contribution in [0.15, 0.2) is 35.3 Å². The van der Waals surface area contributed by atoms with Gasteiger partial charge in [0.1, 0.15) is 11.8 Å². The first kappa shape index (κ1) is 12.3. The van der Waals surface area contributed by atoms with Gasteiger partial charge in [-0.2, -0.15) is 0 Å². The molecule has 1 saturated heterocycles. The SMILES string of the molecule is O=CO[C@@H]1CO[C@@H](c2ccccc2)O[C@H]1C1=NC1F. The summed E-state index contributed by atoms with van der Waals surface area (Å²) in [5.74, 6) is 0. The first-order valence-corrected chi connectivity index (χ1v) is 5.92. The maximum Gasteiger partial charge on any atom is 0.293 e. The summed E-state index contributed by atoms with van der Waals surface area (Å²) in [6, 6.07) is 9.30. The summed E-state index contributed by atoms with van der Waals surface area (Å²) in [4.78, 5) is 14.0. The van der Waals surface area contributed by atoms with Crippen molar-refractivity contribution in [3.05, 3.63) is 35.9 Å². The van der Waals surface area contributed by atoms with Crippen LogP contribution in [0.3, 0.4) is 0 Å². The minimum Gasteiger partial charge on any atom is -0.459 e. The molecule has 0 radical (unpaired) electrons. The maximum atomic E-state index is 13.0. The highest BCUT2D eigenvalue weighted by molar-refractivity contribution is 6.03. The van der Waals surface area contributed by atoms with Gasteiger partial charge in [0.25, 0.3) is 6.47 Å². The predicted octanol–water partition coefficient (Wildman–Crippen LogP) is 1.39. The fourth-order valence-corrected chi connectivity index (χ4v) is 2.06. The quantitative estimate of drug-likeness (QED) is 0.610. The molecule has 0 spiro atoms. The van der Waals surface area contributed by atoms with Gasteiger partial charge in [-0.1, -0.05) is 30.3 Å². The van der Waals surface area contributed by atoms with Crippen molar-refractivity contribution in [1.82, 2.24) is 0 Å². The van der Waals surface area contributed by atoms with E-state index in [2.05, 4.69) is 4.99 Å². The van der Waals surface area contributed by atoms with Crippen LogP contribution in [0.1, 0.15) is 11.9 Å². The van der Waals surface area contributed by atoms with E-state index in [0.717, 1.165) is 5.56 Å². The van der Waals surface area contributed by atoms with Crippen molar-refractivity contribution in [3.8, 4) is 0 Å². The average molecular weight is 265 g/mol. The zero-order valence-electron chi connectivity index (χ0n) is 9.94. The van der Waals surface area contributed by atoms with Crippen LogP contribution < -0.4 is 0 Å². The van der Waals surface area contributed by atoms with Crippen molar-refractivity contribution in [1.29, 1.82) is 0 Å². The Bertz CT molecular complexity index is 493. The lowest BCUT2D eigenvalue weighted by molar-refractivity contribution is -0.241. The van der Waals surface area contributed by atoms with Crippen LogP contribution in [0.25, 0.3) is 0 Å². The Morgan fingerprint density at radius 1 is 1.37 bits per heavy atom. The molecule has 4 atom stereocenters. The second kappa shape index (κ2) is 5.07. The number of hydrogen-bond donors (Lipinski definition) is 0. The number of aliphatic imine (C=N–C) groups is 1. The Morgan fingerprint density at radius 2 is 2.11 bits per heavy atom. The molecular weight excluding hydrogens is 253 g/mol. The molecule has 2 heterocycles. The molecule has 1 aromatic rings. The van der Waals surface area contributed by atoms with E-state index in [0.29, 0.717) is 6.47 Å². The normalized spacial score (nSPS) is 33.4. The van der Waals surface area contributed by atoms with Crippen molar-refractivity contribution >= 4 is 12.2 Å². The smallest absolute Gasteiger partial charge is 0.293 e. The Balaban J connectivity index is 1.75. The number of ether oxygens (including phenoxy) is 3. The first-order chi connectivity index (χ1) is 9.29. The standard InChI is InChI=1S/C13H12FNO4/c14-12-10(15-12)11-9(18-7-16)6-17-13(19-11)8-4-2-1-3-5-8/h1-5,7,9,11-13H,6H2/t9-,11-,12?,13-/m1/s1. The fourth-order valence-electron chi connectivity index (χ4n) is 2.06. The fraction of sp³-hybridized carbons (Fsp3) is 0.385. The number of carbonyl (C=O) groups is 1. The monoisotopic (exact) mass is 265 g/mol. The van der Waals surface area contributed by atoms with E-state index >= 15 is 0 Å². The van der Waals surface area contributed by atoms with Gasteiger partial charge < -0.3 is 14.2 Å². The molecule has 19 heavy (non-hydrogen) atoms. The lowest BCUT2D eigenvalue weighted by atomic mass is 10.1. The van der Waals surface area contributed by atoms with Gasteiger partial charge in [-0.25, -0.2) is 9.38 Å². The first-order valence-electron chi connectivity index (χ1n) is 5.92. The zero-order valence-corrected chi connectivity index (χ0v) is 9.94. The molecule has 3 rings (SSSR count). The number of benzene rings is 1. The molecule has 0 amide bonds. The third-order valence-corrected chi connectivity index (χ3v) is 3.05. The van der Waals surface area contributed by atoms with Gasteiger partial charge in [0.05, 0.1) is 6.61 Å². The van der Waals surface area contributed by atoms with Gasteiger partial charge in [0.2, 0.25) is 6.30 Å². The molecule has 2 aliphatic heterocycles. The highest BCUT2D eigenvalue weighted by Crippen LogP contribution is 2.32. The molecule has 6 heteroatoms. The van der Waals surface area contributed by atoms with Crippen LogP contribution in [-0.4, -0.2) is 37.3 Å². The maximum absolute atomic E-state index is 13.0.